The second-order valence-corrected chi connectivity index (χ2v) is 6.84. The lowest BCUT2D eigenvalue weighted by Crippen LogP contribution is -2.39. The topological polar surface area (TPSA) is 34.1 Å². The van der Waals surface area contributed by atoms with Gasteiger partial charge in [-0.1, -0.05) is 32.0 Å². The van der Waals surface area contributed by atoms with Gasteiger partial charge in [-0.25, -0.2) is 0 Å². The number of hydrogen-bond acceptors (Lipinski definition) is 5. The minimum Gasteiger partial charge on any atom is -0.497 e. The molecule has 0 unspecified atom stereocenters. The van der Waals surface area contributed by atoms with E-state index in [0.717, 1.165) is 23.9 Å². The van der Waals surface area contributed by atoms with Crippen molar-refractivity contribution >= 4 is 23.5 Å². The van der Waals surface area contributed by atoms with Gasteiger partial charge in [0.25, 0.3) is 0 Å². The summed E-state index contributed by atoms with van der Waals surface area (Å²) in [6, 6.07) is 16.0. The lowest BCUT2D eigenvalue weighted by Gasteiger charge is -2.31. The monoisotopic (exact) mass is 342 g/mol. The highest BCUT2D eigenvalue weighted by atomic mass is 32.2. The molecule has 1 heterocycles. The van der Waals surface area contributed by atoms with Crippen LogP contribution in [0.1, 0.15) is 13.8 Å². The fraction of sp³-hybridized carbons (Fsp3) is 0.316. The van der Waals surface area contributed by atoms with E-state index in [0.29, 0.717) is 12.5 Å². The summed E-state index contributed by atoms with van der Waals surface area (Å²) in [4.78, 5) is 3.44. The molecule has 0 atom stereocenters. The SMILES string of the molecule is COc1cccc(OCC2=NSc3ccccc3N2CC(C)C)c1. The average Bonchev–Trinajstić information content (AvgIpc) is 2.61. The normalized spacial score (nSPS) is 13.5. The van der Waals surface area contributed by atoms with Gasteiger partial charge < -0.3 is 14.4 Å². The maximum Gasteiger partial charge on any atom is 0.155 e. The first-order valence-electron chi connectivity index (χ1n) is 8.04. The van der Waals surface area contributed by atoms with Gasteiger partial charge in [0.2, 0.25) is 0 Å². The van der Waals surface area contributed by atoms with E-state index < -0.39 is 0 Å². The summed E-state index contributed by atoms with van der Waals surface area (Å²) in [5, 5.41) is 0. The van der Waals surface area contributed by atoms with Gasteiger partial charge in [-0.2, -0.15) is 4.40 Å². The van der Waals surface area contributed by atoms with E-state index in [2.05, 4.69) is 41.3 Å². The molecule has 0 saturated carbocycles. The number of fused-ring (bicyclic) bond motifs is 1. The first-order chi connectivity index (χ1) is 11.7. The molecule has 1 aliphatic heterocycles. The number of para-hydroxylation sites is 1. The van der Waals surface area contributed by atoms with Crippen LogP contribution in [0.3, 0.4) is 0 Å². The van der Waals surface area contributed by atoms with Crippen molar-refractivity contribution in [1.82, 2.24) is 0 Å². The summed E-state index contributed by atoms with van der Waals surface area (Å²) < 4.78 is 15.9. The zero-order valence-electron chi connectivity index (χ0n) is 14.2. The highest BCUT2D eigenvalue weighted by molar-refractivity contribution is 7.98. The number of ether oxygens (including phenoxy) is 2. The van der Waals surface area contributed by atoms with Gasteiger partial charge >= 0.3 is 0 Å². The van der Waals surface area contributed by atoms with Crippen LogP contribution in [0, 0.1) is 5.92 Å². The standard InChI is InChI=1S/C19H22N2O2S/c1-14(2)12-21-17-9-4-5-10-18(17)24-20-19(21)13-23-16-8-6-7-15(11-16)22-3/h4-11,14H,12-13H2,1-3H3. The predicted molar refractivity (Wildman–Crippen MR) is 100 cm³/mol. The van der Waals surface area contributed by atoms with Gasteiger partial charge in [0.1, 0.15) is 18.1 Å². The Balaban J connectivity index is 1.77. The Hall–Kier alpha value is -2.14. The molecule has 0 aromatic heterocycles. The largest absolute Gasteiger partial charge is 0.497 e. The smallest absolute Gasteiger partial charge is 0.155 e. The van der Waals surface area contributed by atoms with Crippen molar-refractivity contribution in [3.8, 4) is 11.5 Å². The molecule has 0 radical (unpaired) electrons. The number of methoxy groups -OCH3 is 1. The lowest BCUT2D eigenvalue weighted by atomic mass is 10.2. The third kappa shape index (κ3) is 3.85. The summed E-state index contributed by atoms with van der Waals surface area (Å²) in [7, 11) is 1.66. The minimum absolute atomic E-state index is 0.432. The van der Waals surface area contributed by atoms with Crippen molar-refractivity contribution in [3.63, 3.8) is 0 Å². The Morgan fingerprint density at radius 1 is 1.08 bits per heavy atom. The molecule has 5 heteroatoms. The summed E-state index contributed by atoms with van der Waals surface area (Å²) in [5.41, 5.74) is 1.20. The number of rotatable bonds is 6. The van der Waals surface area contributed by atoms with Crippen LogP contribution in [-0.4, -0.2) is 26.1 Å². The fourth-order valence-corrected chi connectivity index (χ4v) is 3.33. The Bertz CT molecular complexity index is 731. The Morgan fingerprint density at radius 2 is 1.88 bits per heavy atom. The first kappa shape index (κ1) is 16.7. The maximum atomic E-state index is 5.95. The molecular formula is C19H22N2O2S. The summed E-state index contributed by atoms with van der Waals surface area (Å²) in [5.74, 6) is 3.04. The van der Waals surface area contributed by atoms with E-state index in [9.17, 15) is 0 Å². The molecule has 0 bridgehead atoms. The molecule has 0 amide bonds. The first-order valence-corrected chi connectivity index (χ1v) is 8.82. The molecule has 0 N–H and O–H groups in total. The van der Waals surface area contributed by atoms with Gasteiger partial charge in [0.15, 0.2) is 5.84 Å². The van der Waals surface area contributed by atoms with E-state index in [1.54, 1.807) is 7.11 Å². The van der Waals surface area contributed by atoms with Crippen LogP contribution < -0.4 is 14.4 Å². The molecule has 0 saturated heterocycles. The lowest BCUT2D eigenvalue weighted by molar-refractivity contribution is 0.366. The number of nitrogens with zero attached hydrogens (tertiary/aromatic N) is 2. The van der Waals surface area contributed by atoms with Crippen molar-refractivity contribution in [1.29, 1.82) is 0 Å². The van der Waals surface area contributed by atoms with Crippen LogP contribution in [-0.2, 0) is 0 Å². The second kappa shape index (κ2) is 7.62. The van der Waals surface area contributed by atoms with E-state index in [4.69, 9.17) is 9.47 Å². The number of anilines is 1. The van der Waals surface area contributed by atoms with Gasteiger partial charge in [0, 0.05) is 24.6 Å². The van der Waals surface area contributed by atoms with Gasteiger partial charge in [-0.15, -0.1) is 0 Å². The summed E-state index contributed by atoms with van der Waals surface area (Å²) >= 11 is 1.51. The van der Waals surface area contributed by atoms with Gasteiger partial charge in [-0.3, -0.25) is 0 Å². The molecule has 0 aliphatic carbocycles. The average molecular weight is 342 g/mol. The molecule has 2 aromatic carbocycles. The molecule has 3 rings (SSSR count). The molecular weight excluding hydrogens is 320 g/mol. The van der Waals surface area contributed by atoms with Crippen LogP contribution in [0.4, 0.5) is 5.69 Å². The third-order valence-corrected chi connectivity index (χ3v) is 4.52. The number of benzene rings is 2. The van der Waals surface area contributed by atoms with Crippen LogP contribution in [0.15, 0.2) is 57.8 Å². The van der Waals surface area contributed by atoms with Crippen molar-refractivity contribution in [2.45, 2.75) is 18.7 Å². The fourth-order valence-electron chi connectivity index (χ4n) is 2.56. The third-order valence-electron chi connectivity index (χ3n) is 3.67. The number of amidine groups is 1. The van der Waals surface area contributed by atoms with E-state index >= 15 is 0 Å². The molecule has 0 fully saturated rings. The van der Waals surface area contributed by atoms with Crippen LogP contribution in [0.5, 0.6) is 11.5 Å². The van der Waals surface area contributed by atoms with Crippen molar-refractivity contribution in [3.05, 3.63) is 48.5 Å². The quantitative estimate of drug-likeness (QED) is 0.715. The van der Waals surface area contributed by atoms with E-state index in [1.165, 1.54) is 22.5 Å². The maximum absolute atomic E-state index is 5.95. The molecule has 126 valence electrons. The minimum atomic E-state index is 0.432. The molecule has 0 spiro atoms. The molecule has 4 nitrogen and oxygen atoms in total. The number of hydrogen-bond donors (Lipinski definition) is 0. The van der Waals surface area contributed by atoms with E-state index in [1.807, 2.05) is 30.3 Å². The Kier molecular flexibility index (Phi) is 5.30. The van der Waals surface area contributed by atoms with Crippen molar-refractivity contribution in [2.24, 2.45) is 10.3 Å². The summed E-state index contributed by atoms with van der Waals surface area (Å²) in [6.07, 6.45) is 0. The van der Waals surface area contributed by atoms with Crippen molar-refractivity contribution < 1.29 is 9.47 Å². The van der Waals surface area contributed by atoms with Crippen LogP contribution >= 0.6 is 11.9 Å². The Labute approximate surface area is 147 Å². The van der Waals surface area contributed by atoms with Crippen LogP contribution in [0.2, 0.25) is 0 Å². The highest BCUT2D eigenvalue weighted by Crippen LogP contribution is 2.36. The zero-order valence-corrected chi connectivity index (χ0v) is 15.0. The van der Waals surface area contributed by atoms with Crippen molar-refractivity contribution in [2.75, 3.05) is 25.2 Å². The van der Waals surface area contributed by atoms with Gasteiger partial charge in [-0.05, 0) is 30.2 Å². The second-order valence-electron chi connectivity index (χ2n) is 6.04. The predicted octanol–water partition coefficient (Wildman–Crippen LogP) is 4.66. The molecule has 24 heavy (non-hydrogen) atoms. The summed E-state index contributed by atoms with van der Waals surface area (Å²) in [6.45, 7) is 5.77. The Morgan fingerprint density at radius 3 is 2.67 bits per heavy atom. The van der Waals surface area contributed by atoms with Crippen LogP contribution in [0.25, 0.3) is 0 Å². The zero-order chi connectivity index (χ0) is 16.9. The van der Waals surface area contributed by atoms with Gasteiger partial charge in [0.05, 0.1) is 17.7 Å². The molecule has 1 aliphatic rings. The molecule has 2 aromatic rings. The highest BCUT2D eigenvalue weighted by Gasteiger charge is 2.23. The van der Waals surface area contributed by atoms with E-state index in [-0.39, 0.29) is 0 Å².